The molecule has 0 atom stereocenters. The molecule has 2 aromatic heterocycles. The van der Waals surface area contributed by atoms with E-state index in [2.05, 4.69) is 30.9 Å². The lowest BCUT2D eigenvalue weighted by Gasteiger charge is -1.94. The number of aromatic amines is 1. The first-order valence-corrected chi connectivity index (χ1v) is 5.09. The summed E-state index contributed by atoms with van der Waals surface area (Å²) in [6.45, 7) is 0. The highest BCUT2D eigenvalue weighted by atomic mass is 79.9. The Balaban J connectivity index is 2.55. The Morgan fingerprint density at radius 2 is 2.31 bits per heavy atom. The summed E-state index contributed by atoms with van der Waals surface area (Å²) in [6.07, 6.45) is 3.14. The van der Waals surface area contributed by atoms with Gasteiger partial charge in [-0.2, -0.15) is 0 Å². The number of halogens is 1. The van der Waals surface area contributed by atoms with Crippen LogP contribution in [0.2, 0.25) is 0 Å². The Morgan fingerprint density at radius 1 is 1.46 bits per heavy atom. The van der Waals surface area contributed by atoms with Crippen molar-refractivity contribution in [2.24, 2.45) is 0 Å². The molecule has 0 radical (unpaired) electrons. The minimum absolute atomic E-state index is 0.194. The zero-order chi connectivity index (χ0) is 9.26. The average Bonchev–Trinajstić information content (AvgIpc) is 2.62. The molecule has 0 amide bonds. The molecule has 2 aromatic rings. The number of nitrogens with zero attached hydrogens (tertiary/aromatic N) is 2. The summed E-state index contributed by atoms with van der Waals surface area (Å²) in [5, 5.41) is 2.54. The van der Waals surface area contributed by atoms with Gasteiger partial charge in [0.1, 0.15) is 4.47 Å². The molecule has 0 fully saturated rings. The maximum atomic E-state index is 11.2. The summed E-state index contributed by atoms with van der Waals surface area (Å²) >= 11 is 4.50. The number of hydrogen-bond donors (Lipinski definition) is 1. The van der Waals surface area contributed by atoms with Crippen LogP contribution in [0.3, 0.4) is 0 Å². The highest BCUT2D eigenvalue weighted by molar-refractivity contribution is 9.10. The molecule has 0 unspecified atom stereocenters. The molecule has 1 N–H and O–H groups in total. The zero-order valence-corrected chi connectivity index (χ0v) is 8.72. The zero-order valence-electron chi connectivity index (χ0n) is 6.32. The Morgan fingerprint density at radius 3 is 2.92 bits per heavy atom. The van der Waals surface area contributed by atoms with E-state index in [1.54, 1.807) is 6.20 Å². The van der Waals surface area contributed by atoms with Crippen molar-refractivity contribution in [1.82, 2.24) is 15.0 Å². The van der Waals surface area contributed by atoms with E-state index in [-0.39, 0.29) is 5.56 Å². The Hall–Kier alpha value is -1.01. The molecule has 6 heteroatoms. The first-order chi connectivity index (χ1) is 6.27. The van der Waals surface area contributed by atoms with Crippen molar-refractivity contribution in [3.8, 4) is 10.8 Å². The van der Waals surface area contributed by atoms with Crippen LogP contribution in [0.15, 0.2) is 27.0 Å². The maximum absolute atomic E-state index is 11.2. The smallest absolute Gasteiger partial charge is 0.265 e. The molecule has 0 aliphatic heterocycles. The molecule has 4 nitrogen and oxygen atoms in total. The van der Waals surface area contributed by atoms with Gasteiger partial charge in [0.25, 0.3) is 5.56 Å². The van der Waals surface area contributed by atoms with Crippen molar-refractivity contribution in [3.05, 3.63) is 32.6 Å². The van der Waals surface area contributed by atoms with Crippen molar-refractivity contribution < 1.29 is 0 Å². The lowest BCUT2D eigenvalue weighted by atomic mass is 10.5. The molecular formula is C7H4BrN3OS. The van der Waals surface area contributed by atoms with Crippen LogP contribution in [0.5, 0.6) is 0 Å². The topological polar surface area (TPSA) is 58.6 Å². The second-order valence-electron chi connectivity index (χ2n) is 2.25. The van der Waals surface area contributed by atoms with Gasteiger partial charge >= 0.3 is 0 Å². The fraction of sp³-hybridized carbons (Fsp3) is 0. The molecule has 0 saturated carbocycles. The third kappa shape index (κ3) is 1.68. The fourth-order valence-corrected chi connectivity index (χ4v) is 1.62. The molecule has 13 heavy (non-hydrogen) atoms. The highest BCUT2D eigenvalue weighted by Gasteiger charge is 2.03. The molecule has 0 aliphatic carbocycles. The average molecular weight is 258 g/mol. The second-order valence-corrected chi connectivity index (χ2v) is 4.00. The van der Waals surface area contributed by atoms with Gasteiger partial charge in [0.2, 0.25) is 0 Å². The lowest BCUT2D eigenvalue weighted by Crippen LogP contribution is -2.08. The highest BCUT2D eigenvalue weighted by Crippen LogP contribution is 2.15. The largest absolute Gasteiger partial charge is 0.304 e. The predicted molar refractivity (Wildman–Crippen MR) is 53.7 cm³/mol. The summed E-state index contributed by atoms with van der Waals surface area (Å²) in [5.41, 5.74) is -0.194. The molecular weight excluding hydrogens is 254 g/mol. The minimum atomic E-state index is -0.194. The molecule has 0 saturated heterocycles. The van der Waals surface area contributed by atoms with E-state index >= 15 is 0 Å². The summed E-state index contributed by atoms with van der Waals surface area (Å²) in [7, 11) is 0. The number of thiazole rings is 1. The van der Waals surface area contributed by atoms with Gasteiger partial charge in [0.15, 0.2) is 10.8 Å². The Bertz CT molecular complexity index is 465. The quantitative estimate of drug-likeness (QED) is 0.846. The molecule has 0 aliphatic rings. The third-order valence-electron chi connectivity index (χ3n) is 1.39. The van der Waals surface area contributed by atoms with Gasteiger partial charge in [-0.15, -0.1) is 11.3 Å². The number of nitrogens with one attached hydrogen (secondary N) is 1. The van der Waals surface area contributed by atoms with E-state index in [0.29, 0.717) is 15.3 Å². The van der Waals surface area contributed by atoms with Gasteiger partial charge in [-0.1, -0.05) is 0 Å². The van der Waals surface area contributed by atoms with E-state index < -0.39 is 0 Å². The fourth-order valence-electron chi connectivity index (χ4n) is 0.828. The second kappa shape index (κ2) is 3.39. The van der Waals surface area contributed by atoms with Crippen LogP contribution in [0, 0.1) is 0 Å². The number of hydrogen-bond acceptors (Lipinski definition) is 4. The SMILES string of the molecule is O=c1[nH]c(-c2nccs2)ncc1Br. The lowest BCUT2D eigenvalue weighted by molar-refractivity contribution is 1.10. The standard InChI is InChI=1S/C7H4BrN3OS/c8-4-3-10-5(11-6(4)12)7-9-1-2-13-7/h1-3H,(H,10,11,12). The van der Waals surface area contributed by atoms with Crippen LogP contribution >= 0.6 is 27.3 Å². The molecule has 0 aromatic carbocycles. The van der Waals surface area contributed by atoms with Gasteiger partial charge < -0.3 is 4.98 Å². The van der Waals surface area contributed by atoms with E-state index in [9.17, 15) is 4.79 Å². The van der Waals surface area contributed by atoms with Crippen LogP contribution in [0.1, 0.15) is 0 Å². The van der Waals surface area contributed by atoms with Crippen molar-refractivity contribution in [2.45, 2.75) is 0 Å². The Labute approximate surface area is 85.8 Å². The van der Waals surface area contributed by atoms with Crippen LogP contribution in [-0.2, 0) is 0 Å². The van der Waals surface area contributed by atoms with Gasteiger partial charge in [0, 0.05) is 17.8 Å². The Kier molecular flexibility index (Phi) is 2.24. The summed E-state index contributed by atoms with van der Waals surface area (Å²) < 4.78 is 0.424. The number of rotatable bonds is 1. The molecule has 0 bridgehead atoms. The number of H-pyrrole nitrogens is 1. The normalized spacial score (nSPS) is 10.2. The monoisotopic (exact) mass is 257 g/mol. The van der Waals surface area contributed by atoms with Gasteiger partial charge in [-0.3, -0.25) is 4.79 Å². The molecule has 66 valence electrons. The van der Waals surface area contributed by atoms with Crippen molar-refractivity contribution in [3.63, 3.8) is 0 Å². The van der Waals surface area contributed by atoms with Crippen LogP contribution in [-0.4, -0.2) is 15.0 Å². The van der Waals surface area contributed by atoms with Crippen LogP contribution < -0.4 is 5.56 Å². The molecule has 0 spiro atoms. The van der Waals surface area contributed by atoms with Gasteiger partial charge in [-0.25, -0.2) is 9.97 Å². The predicted octanol–water partition coefficient (Wildman–Crippen LogP) is 1.66. The van der Waals surface area contributed by atoms with Crippen LogP contribution in [0.4, 0.5) is 0 Å². The maximum Gasteiger partial charge on any atom is 0.265 e. The van der Waals surface area contributed by atoms with Crippen molar-refractivity contribution >= 4 is 27.3 Å². The first-order valence-electron chi connectivity index (χ1n) is 3.42. The van der Waals surface area contributed by atoms with E-state index in [0.717, 1.165) is 0 Å². The van der Waals surface area contributed by atoms with Gasteiger partial charge in [-0.05, 0) is 15.9 Å². The number of aromatic nitrogens is 3. The van der Waals surface area contributed by atoms with Gasteiger partial charge in [0.05, 0.1) is 0 Å². The minimum Gasteiger partial charge on any atom is -0.304 e. The van der Waals surface area contributed by atoms with Crippen LogP contribution in [0.25, 0.3) is 10.8 Å². The summed E-state index contributed by atoms with van der Waals surface area (Å²) in [5.74, 6) is 0.503. The first kappa shape index (κ1) is 8.58. The van der Waals surface area contributed by atoms with E-state index in [1.807, 2.05) is 5.38 Å². The van der Waals surface area contributed by atoms with E-state index in [4.69, 9.17) is 0 Å². The summed E-state index contributed by atoms with van der Waals surface area (Å²) in [4.78, 5) is 21.8. The summed E-state index contributed by atoms with van der Waals surface area (Å²) in [6, 6.07) is 0. The third-order valence-corrected chi connectivity index (χ3v) is 2.74. The van der Waals surface area contributed by atoms with E-state index in [1.165, 1.54) is 17.5 Å². The van der Waals surface area contributed by atoms with Crippen molar-refractivity contribution in [2.75, 3.05) is 0 Å². The molecule has 2 rings (SSSR count). The van der Waals surface area contributed by atoms with Crippen molar-refractivity contribution in [1.29, 1.82) is 0 Å². The molecule has 2 heterocycles.